The van der Waals surface area contributed by atoms with Crippen molar-refractivity contribution in [3.05, 3.63) is 51.7 Å². The van der Waals surface area contributed by atoms with Crippen LogP contribution in [0, 0.1) is 0 Å². The average Bonchev–Trinajstić information content (AvgIpc) is 2.95. The number of unbranched alkanes of at least 4 members (excludes halogenated alkanes) is 1. The smallest absolute Gasteiger partial charge is 0.0578 e. The first-order valence-electron chi connectivity index (χ1n) is 7.67. The van der Waals surface area contributed by atoms with E-state index in [9.17, 15) is 0 Å². The van der Waals surface area contributed by atoms with Gasteiger partial charge in [0.25, 0.3) is 0 Å². The van der Waals surface area contributed by atoms with E-state index in [4.69, 9.17) is 0 Å². The molecule has 2 heteroatoms. The fourth-order valence-corrected chi connectivity index (χ4v) is 3.24. The molecule has 0 aliphatic rings. The molecule has 0 saturated heterocycles. The zero-order valence-corrected chi connectivity index (χ0v) is 13.6. The topological polar surface area (TPSA) is 12.0 Å². The van der Waals surface area contributed by atoms with Gasteiger partial charge in [0.15, 0.2) is 0 Å². The maximum atomic E-state index is 3.59. The zero-order valence-electron chi connectivity index (χ0n) is 12.8. The molecule has 2 aromatic rings. The third-order valence-corrected chi connectivity index (χ3v) is 5.03. The summed E-state index contributed by atoms with van der Waals surface area (Å²) < 4.78 is 0. The summed E-state index contributed by atoms with van der Waals surface area (Å²) in [6.45, 7) is 6.68. The lowest BCUT2D eigenvalue weighted by atomic mass is 10.1. The lowest BCUT2D eigenvalue weighted by molar-refractivity contribution is 0.795. The molecule has 0 spiro atoms. The van der Waals surface area contributed by atoms with Gasteiger partial charge in [-0.15, -0.1) is 11.3 Å². The summed E-state index contributed by atoms with van der Waals surface area (Å²) in [5.74, 6) is 0. The SMILES string of the molecule is CCCCc1ccc(NC(C)c2ccc(CC)s2)cc1. The van der Waals surface area contributed by atoms with Crippen LogP contribution < -0.4 is 5.32 Å². The van der Waals surface area contributed by atoms with Crippen molar-refractivity contribution in [2.45, 2.75) is 52.5 Å². The van der Waals surface area contributed by atoms with Crippen LogP contribution in [0.2, 0.25) is 0 Å². The Morgan fingerprint density at radius 3 is 2.40 bits per heavy atom. The Balaban J connectivity index is 1.95. The van der Waals surface area contributed by atoms with Crippen molar-refractivity contribution in [2.24, 2.45) is 0 Å². The number of anilines is 1. The molecule has 1 unspecified atom stereocenters. The molecular weight excluding hydrogens is 262 g/mol. The lowest BCUT2D eigenvalue weighted by Crippen LogP contribution is -2.04. The van der Waals surface area contributed by atoms with Crippen LogP contribution in [0.15, 0.2) is 36.4 Å². The third-order valence-electron chi connectivity index (χ3n) is 3.61. The molecule has 2 rings (SSSR count). The number of hydrogen-bond donors (Lipinski definition) is 1. The van der Waals surface area contributed by atoms with Crippen LogP contribution in [0.25, 0.3) is 0 Å². The maximum absolute atomic E-state index is 3.59. The van der Waals surface area contributed by atoms with Gasteiger partial charge in [-0.2, -0.15) is 0 Å². The van der Waals surface area contributed by atoms with Crippen molar-refractivity contribution in [3.8, 4) is 0 Å². The molecule has 0 fully saturated rings. The van der Waals surface area contributed by atoms with Gasteiger partial charge in [0.05, 0.1) is 6.04 Å². The van der Waals surface area contributed by atoms with E-state index in [1.807, 2.05) is 11.3 Å². The van der Waals surface area contributed by atoms with E-state index in [2.05, 4.69) is 62.5 Å². The van der Waals surface area contributed by atoms with Gasteiger partial charge in [0.2, 0.25) is 0 Å². The maximum Gasteiger partial charge on any atom is 0.0578 e. The number of thiophene rings is 1. The summed E-state index contributed by atoms with van der Waals surface area (Å²) in [6, 6.07) is 13.8. The first-order valence-corrected chi connectivity index (χ1v) is 8.48. The first-order chi connectivity index (χ1) is 9.72. The molecule has 0 amide bonds. The third kappa shape index (κ3) is 4.11. The van der Waals surface area contributed by atoms with Crippen molar-refractivity contribution < 1.29 is 0 Å². The van der Waals surface area contributed by atoms with Crippen LogP contribution in [0.5, 0.6) is 0 Å². The van der Waals surface area contributed by atoms with Crippen molar-refractivity contribution in [2.75, 3.05) is 5.32 Å². The Labute approximate surface area is 127 Å². The van der Waals surface area contributed by atoms with E-state index in [0.717, 1.165) is 6.42 Å². The van der Waals surface area contributed by atoms with E-state index in [0.29, 0.717) is 6.04 Å². The summed E-state index contributed by atoms with van der Waals surface area (Å²) in [5.41, 5.74) is 2.65. The normalized spacial score (nSPS) is 12.3. The highest BCUT2D eigenvalue weighted by Gasteiger charge is 2.08. The van der Waals surface area contributed by atoms with E-state index in [-0.39, 0.29) is 0 Å². The van der Waals surface area contributed by atoms with Crippen molar-refractivity contribution in [1.82, 2.24) is 0 Å². The van der Waals surface area contributed by atoms with E-state index in [1.165, 1.54) is 40.3 Å². The van der Waals surface area contributed by atoms with Gasteiger partial charge < -0.3 is 5.32 Å². The zero-order chi connectivity index (χ0) is 14.4. The fraction of sp³-hybridized carbons (Fsp3) is 0.444. The fourth-order valence-electron chi connectivity index (χ4n) is 2.29. The van der Waals surface area contributed by atoms with Gasteiger partial charge in [0, 0.05) is 15.4 Å². The van der Waals surface area contributed by atoms with Gasteiger partial charge >= 0.3 is 0 Å². The Morgan fingerprint density at radius 2 is 1.80 bits per heavy atom. The highest BCUT2D eigenvalue weighted by molar-refractivity contribution is 7.12. The summed E-state index contributed by atoms with van der Waals surface area (Å²) in [4.78, 5) is 2.88. The predicted molar refractivity (Wildman–Crippen MR) is 90.8 cm³/mol. The van der Waals surface area contributed by atoms with E-state index in [1.54, 1.807) is 0 Å². The average molecular weight is 287 g/mol. The van der Waals surface area contributed by atoms with Gasteiger partial charge in [-0.05, 0) is 56.0 Å². The van der Waals surface area contributed by atoms with Crippen LogP contribution in [-0.2, 0) is 12.8 Å². The highest BCUT2D eigenvalue weighted by atomic mass is 32.1. The van der Waals surface area contributed by atoms with Gasteiger partial charge in [0.1, 0.15) is 0 Å². The predicted octanol–water partition coefficient (Wildman–Crippen LogP) is 5.83. The van der Waals surface area contributed by atoms with E-state index >= 15 is 0 Å². The summed E-state index contributed by atoms with van der Waals surface area (Å²) in [5, 5.41) is 3.59. The number of rotatable bonds is 7. The van der Waals surface area contributed by atoms with Crippen molar-refractivity contribution in [3.63, 3.8) is 0 Å². The molecule has 1 heterocycles. The van der Waals surface area contributed by atoms with Gasteiger partial charge in [-0.3, -0.25) is 0 Å². The molecule has 1 N–H and O–H groups in total. The van der Waals surface area contributed by atoms with Crippen LogP contribution in [-0.4, -0.2) is 0 Å². The second kappa shape index (κ2) is 7.49. The molecule has 1 atom stereocenters. The minimum absolute atomic E-state index is 0.377. The monoisotopic (exact) mass is 287 g/mol. The van der Waals surface area contributed by atoms with Gasteiger partial charge in [-0.25, -0.2) is 0 Å². The highest BCUT2D eigenvalue weighted by Crippen LogP contribution is 2.26. The molecule has 0 aliphatic heterocycles. The van der Waals surface area contributed by atoms with Crippen LogP contribution in [0.3, 0.4) is 0 Å². The van der Waals surface area contributed by atoms with Crippen molar-refractivity contribution >= 4 is 17.0 Å². The lowest BCUT2D eigenvalue weighted by Gasteiger charge is -2.14. The number of benzene rings is 1. The summed E-state index contributed by atoms with van der Waals surface area (Å²) in [6.07, 6.45) is 4.86. The molecule has 0 radical (unpaired) electrons. The molecule has 0 bridgehead atoms. The van der Waals surface area contributed by atoms with Crippen molar-refractivity contribution in [1.29, 1.82) is 0 Å². The minimum atomic E-state index is 0.377. The van der Waals surface area contributed by atoms with Crippen LogP contribution in [0.1, 0.15) is 55.0 Å². The molecule has 0 aliphatic carbocycles. The van der Waals surface area contributed by atoms with Crippen LogP contribution >= 0.6 is 11.3 Å². The molecule has 20 heavy (non-hydrogen) atoms. The second-order valence-corrected chi connectivity index (χ2v) is 6.52. The molecular formula is C18H25NS. The van der Waals surface area contributed by atoms with Crippen LogP contribution in [0.4, 0.5) is 5.69 Å². The number of hydrogen-bond acceptors (Lipinski definition) is 2. The van der Waals surface area contributed by atoms with Gasteiger partial charge in [-0.1, -0.05) is 32.4 Å². The molecule has 0 saturated carbocycles. The second-order valence-electron chi connectivity index (χ2n) is 5.32. The quantitative estimate of drug-likeness (QED) is 0.676. The molecule has 108 valence electrons. The molecule has 1 aromatic heterocycles. The Morgan fingerprint density at radius 1 is 1.05 bits per heavy atom. The minimum Gasteiger partial charge on any atom is -0.378 e. The Kier molecular flexibility index (Phi) is 5.66. The summed E-state index contributed by atoms with van der Waals surface area (Å²) >= 11 is 1.91. The Bertz CT molecular complexity index is 512. The number of aryl methyl sites for hydroxylation is 2. The summed E-state index contributed by atoms with van der Waals surface area (Å²) in [7, 11) is 0. The molecule has 1 aromatic carbocycles. The standard InChI is InChI=1S/C18H25NS/c1-4-6-7-15-8-10-16(11-9-15)19-14(3)18-13-12-17(5-2)20-18/h8-14,19H,4-7H2,1-3H3. The van der Waals surface area contributed by atoms with E-state index < -0.39 is 0 Å². The number of nitrogens with one attached hydrogen (secondary N) is 1. The Hall–Kier alpha value is -1.28. The first kappa shape index (κ1) is 15.1. The largest absolute Gasteiger partial charge is 0.378 e. The molecule has 1 nitrogen and oxygen atoms in total.